The highest BCUT2D eigenvalue weighted by molar-refractivity contribution is 6.13. The van der Waals surface area contributed by atoms with Gasteiger partial charge in [-0.05, 0) is 261 Å². The molecule has 14 heteroatoms. The largest absolute Gasteiger partial charge is 0.497 e. The third-order valence-corrected chi connectivity index (χ3v) is 32.1. The van der Waals surface area contributed by atoms with Crippen LogP contribution < -0.4 is 57.0 Å². The van der Waals surface area contributed by atoms with Crippen molar-refractivity contribution >= 4 is 56.2 Å². The number of ether oxygens (including phenoxy) is 12. The third-order valence-electron chi connectivity index (χ3n) is 32.1. The number of anilines is 1. The van der Waals surface area contributed by atoms with E-state index in [9.17, 15) is 5.11 Å². The summed E-state index contributed by atoms with van der Waals surface area (Å²) in [6, 6.07) is 98.0. The topological polar surface area (TPSA) is 134 Å². The fourth-order valence-electron chi connectivity index (χ4n) is 25.3. The molecule has 1 saturated heterocycles. The molecule has 10 aliphatic rings. The Bertz CT molecular complexity index is 7750. The van der Waals surface area contributed by atoms with Gasteiger partial charge in [0.2, 0.25) is 0 Å². The van der Waals surface area contributed by atoms with Crippen molar-refractivity contribution in [2.24, 2.45) is 11.8 Å². The minimum Gasteiger partial charge on any atom is -0.497 e. The quantitative estimate of drug-likeness (QED) is 0.104. The van der Waals surface area contributed by atoms with Crippen LogP contribution in [0.25, 0.3) is 95.1 Å². The van der Waals surface area contributed by atoms with Crippen molar-refractivity contribution in [3.05, 3.63) is 397 Å². The van der Waals surface area contributed by atoms with Crippen molar-refractivity contribution in [3.63, 3.8) is 0 Å². The average molecular weight is 1850 g/mol. The maximum absolute atomic E-state index is 12.1. The number of aryl methyl sites for hydroxylation is 2. The molecule has 1 N–H and O–H groups in total. The van der Waals surface area contributed by atoms with Crippen molar-refractivity contribution in [3.8, 4) is 108 Å². The first kappa shape index (κ1) is 87.8. The van der Waals surface area contributed by atoms with Gasteiger partial charge in [0.25, 0.3) is 0 Å². The van der Waals surface area contributed by atoms with Gasteiger partial charge >= 0.3 is 0 Å². The second-order valence-electron chi connectivity index (χ2n) is 39.6. The van der Waals surface area contributed by atoms with E-state index in [-0.39, 0.29) is 10.8 Å². The van der Waals surface area contributed by atoms with E-state index >= 15 is 0 Å². The smallest absolute Gasteiger partial charge is 0.178 e. The second-order valence-corrected chi connectivity index (χ2v) is 39.6. The summed E-state index contributed by atoms with van der Waals surface area (Å²) in [5, 5.41) is 18.6. The van der Waals surface area contributed by atoms with Crippen LogP contribution in [0.2, 0.25) is 0 Å². The summed E-state index contributed by atoms with van der Waals surface area (Å²) in [5.41, 5.74) is 26.7. The minimum absolute atomic E-state index is 0.0610. The zero-order chi connectivity index (χ0) is 95.5. The lowest BCUT2D eigenvalue weighted by Gasteiger charge is -2.41. The number of benzene rings is 16. The number of morpholine rings is 1. The molecule has 0 amide bonds. The predicted molar refractivity (Wildman–Crippen MR) is 558 cm³/mol. The van der Waals surface area contributed by atoms with Crippen LogP contribution in [0.15, 0.2) is 297 Å². The molecule has 16 aromatic carbocycles. The Hall–Kier alpha value is -15.0. The predicted octanol–water partition coefficient (Wildman–Crippen LogP) is 27.3. The van der Waals surface area contributed by atoms with E-state index < -0.39 is 22.4 Å². The highest BCUT2D eigenvalue weighted by atomic mass is 16.5. The Morgan fingerprint density at radius 2 is 0.821 bits per heavy atom. The molecule has 6 unspecified atom stereocenters. The minimum atomic E-state index is -1.17. The Morgan fingerprint density at radius 1 is 0.371 bits per heavy atom. The molecule has 6 atom stereocenters. The molecule has 2 bridgehead atoms. The molecule has 14 nitrogen and oxygen atoms in total. The molecule has 16 aromatic rings. The Balaban J connectivity index is 0.000000117. The third kappa shape index (κ3) is 13.4. The van der Waals surface area contributed by atoms with Crippen molar-refractivity contribution in [2.45, 2.75) is 100.0 Å². The van der Waals surface area contributed by atoms with E-state index in [0.717, 1.165) is 199 Å². The SMILES string of the molecule is COc1ccc(C2(c3ccc(OC)c(N4CCOCC4)c3)C=Cc3c4c(c5cc(-c6ccc(C)cc6)c(OC)cc5c3O2)-c2ccccc2C42CC3CCC2C3)cc1.COc1ccc(C2(c3ccc(OC)cc3)C=Cc3c4c(c5cc(C)c(OC)cc5c3O2)-c2ccccc2C4(C)C)cc1.COc1ccc(C2(c3ccccc3)C=Cc3c4c(c5cc6c(cc5c3O2)OCC6)-c2ccccc2C4(C)O)cc1. The molecule has 0 aromatic heterocycles. The van der Waals surface area contributed by atoms with E-state index in [2.05, 4.69) is 263 Å². The normalized spacial score (nSPS) is 20.6. The summed E-state index contributed by atoms with van der Waals surface area (Å²) in [4.78, 5) is 2.36. The van der Waals surface area contributed by atoms with Gasteiger partial charge in [-0.3, -0.25) is 0 Å². The van der Waals surface area contributed by atoms with Crippen LogP contribution in [0.5, 0.6) is 63.2 Å². The van der Waals surface area contributed by atoms with Crippen LogP contribution in [0.3, 0.4) is 0 Å². The van der Waals surface area contributed by atoms with Gasteiger partial charge in [0.15, 0.2) is 16.8 Å². The number of aliphatic hydroxyl groups is 1. The zero-order valence-corrected chi connectivity index (χ0v) is 81.0. The Kier molecular flexibility index (Phi) is 21.1. The molecule has 5 aliphatic heterocycles. The van der Waals surface area contributed by atoms with Gasteiger partial charge in [0.05, 0.1) is 75.3 Å². The number of fused-ring (bicyclic) bond motifs is 30. The Labute approximate surface area is 817 Å². The van der Waals surface area contributed by atoms with E-state index in [1.165, 1.54) is 97.7 Å². The molecular formula is C126H111NO13. The maximum atomic E-state index is 12.1. The number of hydrogen-bond acceptors (Lipinski definition) is 14. The van der Waals surface area contributed by atoms with Crippen molar-refractivity contribution < 1.29 is 61.9 Å². The summed E-state index contributed by atoms with van der Waals surface area (Å²) in [5.74, 6) is 10.4. The van der Waals surface area contributed by atoms with Crippen LogP contribution in [0.4, 0.5) is 5.69 Å². The van der Waals surface area contributed by atoms with Gasteiger partial charge in [-0.15, -0.1) is 0 Å². The number of nitrogens with zero attached hydrogens (tertiary/aromatic N) is 1. The molecule has 5 aliphatic carbocycles. The van der Waals surface area contributed by atoms with E-state index in [1.54, 1.807) is 49.8 Å². The van der Waals surface area contributed by atoms with Gasteiger partial charge in [0.1, 0.15) is 68.8 Å². The van der Waals surface area contributed by atoms with E-state index in [4.69, 9.17) is 56.8 Å². The first-order chi connectivity index (χ1) is 68.3. The summed E-state index contributed by atoms with van der Waals surface area (Å²) >= 11 is 0. The van der Waals surface area contributed by atoms with Gasteiger partial charge in [-0.25, -0.2) is 0 Å². The van der Waals surface area contributed by atoms with Crippen LogP contribution in [-0.2, 0) is 44.4 Å². The molecular weight excluding hydrogens is 1740 g/mol. The van der Waals surface area contributed by atoms with Gasteiger partial charge < -0.3 is 66.8 Å². The van der Waals surface area contributed by atoms with E-state index in [1.807, 2.05) is 91.9 Å². The van der Waals surface area contributed by atoms with Gasteiger partial charge in [-0.1, -0.05) is 226 Å². The number of hydrogen-bond donors (Lipinski definition) is 1. The molecule has 26 rings (SSSR count). The monoisotopic (exact) mass is 1850 g/mol. The summed E-state index contributed by atoms with van der Waals surface area (Å²) in [6.07, 6.45) is 19.4. The van der Waals surface area contributed by atoms with Crippen LogP contribution >= 0.6 is 0 Å². The zero-order valence-electron chi connectivity index (χ0n) is 81.0. The first-order valence-corrected chi connectivity index (χ1v) is 48.9. The van der Waals surface area contributed by atoms with Gasteiger partial charge in [-0.2, -0.15) is 0 Å². The lowest BCUT2D eigenvalue weighted by Crippen LogP contribution is -2.38. The fraction of sp³-hybridized carbons (Fsp3) is 0.238. The molecule has 5 heterocycles. The number of rotatable bonds is 15. The van der Waals surface area contributed by atoms with Crippen molar-refractivity contribution in [1.82, 2.24) is 0 Å². The molecule has 0 radical (unpaired) electrons. The van der Waals surface area contributed by atoms with Gasteiger partial charge in [0, 0.05) is 108 Å². The first-order valence-electron chi connectivity index (χ1n) is 48.9. The standard InChI is InChI=1S/C52H49NO5.C38H34O4.C36H28O4/c1-32-9-12-34(13-10-32)41-29-42-43(30-47(41)56-4)50-40(49-48(42)39-7-5-6-8-44(39)51(49)31-33-11-14-36(51)27-33)21-22-52(58-50,35-15-18-38(54-2)19-16-35)37-17-20-46(55-3)45(28-37)53-23-25-57-26-24-53;1-23-21-30-31(22-33(23)41-6)36-29(35-34(30)28-9-7-8-10-32(28)37(35,2)3)19-20-38(42-36,24-11-15-26(39-4)16-12-24)25-13-17-27(40-5)18-14-25;1-35(37)30-11-7-6-10-26(30)32-28-20-22-17-19-39-31(22)21-29(28)34-27(33(32)35)16-18-36(40-34,23-8-4-3-5-9-23)24-12-14-25(38-2)15-13-24/h5-10,12-13,15-22,28-30,33,36H,11,14,23-27,31H2,1-4H3;7-22H,1-6H3;3-16,18,20-21,37H,17,19H2,1-2H3. The molecule has 1 spiro atoms. The lowest BCUT2D eigenvalue weighted by atomic mass is 9.65. The molecule has 2 saturated carbocycles. The highest BCUT2D eigenvalue weighted by Gasteiger charge is 2.59. The fourth-order valence-corrected chi connectivity index (χ4v) is 25.3. The number of methoxy groups -OCH3 is 7. The van der Waals surface area contributed by atoms with Crippen molar-refractivity contribution in [1.29, 1.82) is 0 Å². The van der Waals surface area contributed by atoms with Crippen LogP contribution in [0, 0.1) is 25.7 Å². The molecule has 3 fully saturated rings. The second kappa shape index (κ2) is 33.7. The lowest BCUT2D eigenvalue weighted by molar-refractivity contribution is 0.105. The van der Waals surface area contributed by atoms with E-state index in [0.29, 0.717) is 25.7 Å². The highest BCUT2D eigenvalue weighted by Crippen LogP contribution is 2.70. The molecule has 698 valence electrons. The summed E-state index contributed by atoms with van der Waals surface area (Å²) in [6.45, 7) is 14.4. The van der Waals surface area contributed by atoms with Crippen molar-refractivity contribution in [2.75, 3.05) is 87.6 Å². The summed E-state index contributed by atoms with van der Waals surface area (Å²) < 4.78 is 74.6. The molecule has 140 heavy (non-hydrogen) atoms. The van der Waals surface area contributed by atoms with Crippen LogP contribution in [0.1, 0.15) is 147 Å². The Morgan fingerprint density at radius 3 is 1.36 bits per heavy atom. The average Bonchev–Trinajstić information content (AvgIpc) is 1.50. The van der Waals surface area contributed by atoms with Crippen LogP contribution in [-0.4, -0.2) is 87.8 Å². The maximum Gasteiger partial charge on any atom is 0.178 e. The summed E-state index contributed by atoms with van der Waals surface area (Å²) in [7, 11) is 12.0.